The Bertz CT molecular complexity index is 310. The summed E-state index contributed by atoms with van der Waals surface area (Å²) in [4.78, 5) is 0. The fourth-order valence-electron chi connectivity index (χ4n) is 0.956. The molecule has 0 unspecified atom stereocenters. The predicted molar refractivity (Wildman–Crippen MR) is 58.3 cm³/mol. The molecule has 0 amide bonds. The summed E-state index contributed by atoms with van der Waals surface area (Å²) in [6, 6.07) is 7.47. The van der Waals surface area contributed by atoms with Crippen LogP contribution in [0.3, 0.4) is 0 Å². The van der Waals surface area contributed by atoms with Crippen molar-refractivity contribution in [2.75, 3.05) is 19.6 Å². The van der Waals surface area contributed by atoms with Crippen molar-refractivity contribution < 1.29 is 9.47 Å². The van der Waals surface area contributed by atoms with Crippen LogP contribution in [0, 0.1) is 0 Å². The first kappa shape index (κ1) is 10.9. The largest absolute Gasteiger partial charge is 0.493 e. The number of hydrogen-bond acceptors (Lipinski definition) is 2. The lowest BCUT2D eigenvalue weighted by Gasteiger charge is -2.10. The number of benzene rings is 1. The average Bonchev–Trinajstić information content (AvgIpc) is 2.26. The maximum Gasteiger partial charge on any atom is 0.161 e. The molecule has 0 fully saturated rings. The van der Waals surface area contributed by atoms with Crippen molar-refractivity contribution in [2.24, 2.45) is 0 Å². The Hall–Kier alpha value is -1.15. The summed E-state index contributed by atoms with van der Waals surface area (Å²) in [7, 11) is 1.61. The van der Waals surface area contributed by atoms with E-state index in [9.17, 15) is 0 Å². The highest BCUT2D eigenvalue weighted by molar-refractivity contribution is 6.19. The van der Waals surface area contributed by atoms with Crippen LogP contribution in [0.15, 0.2) is 36.4 Å². The summed E-state index contributed by atoms with van der Waals surface area (Å²) in [5.74, 6) is 1.84. The highest BCUT2D eigenvalue weighted by atomic mass is 35.5. The Morgan fingerprint density at radius 2 is 2.00 bits per heavy atom. The number of para-hydroxylation sites is 2. The van der Waals surface area contributed by atoms with Gasteiger partial charge in [0.1, 0.15) is 6.61 Å². The van der Waals surface area contributed by atoms with Gasteiger partial charge in [0.2, 0.25) is 0 Å². The van der Waals surface area contributed by atoms with Gasteiger partial charge in [-0.15, -0.1) is 11.6 Å². The minimum Gasteiger partial charge on any atom is -0.493 e. The molecular formula is C11H13ClO2. The van der Waals surface area contributed by atoms with Crippen LogP contribution in [0.1, 0.15) is 0 Å². The van der Waals surface area contributed by atoms with E-state index in [0.29, 0.717) is 18.2 Å². The second-order valence-electron chi connectivity index (χ2n) is 2.82. The monoisotopic (exact) mass is 212 g/mol. The van der Waals surface area contributed by atoms with Gasteiger partial charge in [0, 0.05) is 5.88 Å². The molecule has 0 bridgehead atoms. The molecule has 0 aliphatic heterocycles. The molecule has 0 aliphatic rings. The molecule has 0 spiro atoms. The average molecular weight is 213 g/mol. The van der Waals surface area contributed by atoms with E-state index < -0.39 is 0 Å². The zero-order valence-corrected chi connectivity index (χ0v) is 8.88. The van der Waals surface area contributed by atoms with Gasteiger partial charge >= 0.3 is 0 Å². The summed E-state index contributed by atoms with van der Waals surface area (Å²) < 4.78 is 10.6. The summed E-state index contributed by atoms with van der Waals surface area (Å²) in [5.41, 5.74) is 0.845. The highest BCUT2D eigenvalue weighted by Gasteiger charge is 2.02. The fraction of sp³-hybridized carbons (Fsp3) is 0.273. The van der Waals surface area contributed by atoms with Crippen molar-refractivity contribution in [3.8, 4) is 11.5 Å². The van der Waals surface area contributed by atoms with E-state index >= 15 is 0 Å². The van der Waals surface area contributed by atoms with E-state index in [1.807, 2.05) is 24.3 Å². The maximum atomic E-state index is 5.58. The van der Waals surface area contributed by atoms with Crippen LogP contribution < -0.4 is 9.47 Å². The maximum absolute atomic E-state index is 5.58. The Balaban J connectivity index is 2.61. The van der Waals surface area contributed by atoms with Gasteiger partial charge in [-0.25, -0.2) is 0 Å². The van der Waals surface area contributed by atoms with Crippen LogP contribution in [0.4, 0.5) is 0 Å². The molecule has 0 radical (unpaired) electrons. The van der Waals surface area contributed by atoms with Gasteiger partial charge in [-0.1, -0.05) is 18.7 Å². The molecule has 0 N–H and O–H groups in total. The van der Waals surface area contributed by atoms with E-state index in [-0.39, 0.29) is 0 Å². The minimum absolute atomic E-state index is 0.412. The van der Waals surface area contributed by atoms with Crippen LogP contribution in [-0.4, -0.2) is 19.6 Å². The molecule has 0 atom stereocenters. The number of halogens is 1. The van der Waals surface area contributed by atoms with Crippen LogP contribution in [0.2, 0.25) is 0 Å². The molecule has 1 aromatic rings. The third-order valence-electron chi connectivity index (χ3n) is 1.69. The molecule has 0 aromatic heterocycles. The molecular weight excluding hydrogens is 200 g/mol. The van der Waals surface area contributed by atoms with E-state index in [0.717, 1.165) is 11.3 Å². The number of rotatable bonds is 5. The number of ether oxygens (including phenoxy) is 2. The van der Waals surface area contributed by atoms with Crippen LogP contribution in [-0.2, 0) is 0 Å². The van der Waals surface area contributed by atoms with E-state index in [2.05, 4.69) is 6.58 Å². The molecule has 1 rings (SSSR count). The molecule has 2 nitrogen and oxygen atoms in total. The molecule has 3 heteroatoms. The van der Waals surface area contributed by atoms with Gasteiger partial charge in [0.25, 0.3) is 0 Å². The summed E-state index contributed by atoms with van der Waals surface area (Å²) in [6.07, 6.45) is 0. The molecule has 1 aromatic carbocycles. The molecule has 0 saturated carbocycles. The number of methoxy groups -OCH3 is 1. The summed E-state index contributed by atoms with van der Waals surface area (Å²) in [6.45, 7) is 4.17. The van der Waals surface area contributed by atoms with Gasteiger partial charge in [-0.05, 0) is 17.7 Å². The van der Waals surface area contributed by atoms with Crippen molar-refractivity contribution in [2.45, 2.75) is 0 Å². The second kappa shape index (κ2) is 5.55. The molecule has 0 heterocycles. The van der Waals surface area contributed by atoms with E-state index in [1.165, 1.54) is 0 Å². The first-order valence-electron chi connectivity index (χ1n) is 4.26. The highest BCUT2D eigenvalue weighted by Crippen LogP contribution is 2.25. The fourth-order valence-corrected chi connectivity index (χ4v) is 1.03. The van der Waals surface area contributed by atoms with Gasteiger partial charge in [-0.2, -0.15) is 0 Å². The predicted octanol–water partition coefficient (Wildman–Crippen LogP) is 2.87. The van der Waals surface area contributed by atoms with Crippen molar-refractivity contribution in [1.29, 1.82) is 0 Å². The quantitative estimate of drug-likeness (QED) is 0.552. The molecule has 76 valence electrons. The molecule has 0 aliphatic carbocycles. The Kier molecular flexibility index (Phi) is 4.33. The smallest absolute Gasteiger partial charge is 0.161 e. The molecule has 14 heavy (non-hydrogen) atoms. The summed E-state index contributed by atoms with van der Waals surface area (Å²) >= 11 is 5.58. The molecule has 0 saturated heterocycles. The Morgan fingerprint density at radius 1 is 1.36 bits per heavy atom. The van der Waals surface area contributed by atoms with Gasteiger partial charge in [-0.3, -0.25) is 0 Å². The normalized spacial score (nSPS) is 9.57. The summed E-state index contributed by atoms with van der Waals surface area (Å²) in [5, 5.41) is 0. The number of alkyl halides is 1. The van der Waals surface area contributed by atoms with Gasteiger partial charge in [0.15, 0.2) is 11.5 Å². The van der Waals surface area contributed by atoms with E-state index in [1.54, 1.807) is 7.11 Å². The Morgan fingerprint density at radius 3 is 2.57 bits per heavy atom. The van der Waals surface area contributed by atoms with Crippen LogP contribution in [0.25, 0.3) is 0 Å². The van der Waals surface area contributed by atoms with Gasteiger partial charge in [0.05, 0.1) is 7.11 Å². The minimum atomic E-state index is 0.412. The second-order valence-corrected chi connectivity index (χ2v) is 3.09. The Labute approximate surface area is 89.1 Å². The zero-order chi connectivity index (χ0) is 10.4. The lowest BCUT2D eigenvalue weighted by atomic mass is 10.3. The van der Waals surface area contributed by atoms with Crippen LogP contribution >= 0.6 is 11.6 Å². The third-order valence-corrected chi connectivity index (χ3v) is 2.07. The standard InChI is InChI=1S/C11H13ClO2/c1-9(7-12)8-14-11-6-4-3-5-10(11)13-2/h3-6H,1,7-8H2,2H3. The van der Waals surface area contributed by atoms with Crippen LogP contribution in [0.5, 0.6) is 11.5 Å². The topological polar surface area (TPSA) is 18.5 Å². The van der Waals surface area contributed by atoms with Crippen molar-refractivity contribution in [3.63, 3.8) is 0 Å². The van der Waals surface area contributed by atoms with Crippen molar-refractivity contribution >= 4 is 11.6 Å². The first-order chi connectivity index (χ1) is 6.77. The zero-order valence-electron chi connectivity index (χ0n) is 8.13. The third kappa shape index (κ3) is 2.96. The lowest BCUT2D eigenvalue weighted by Crippen LogP contribution is -2.02. The van der Waals surface area contributed by atoms with E-state index in [4.69, 9.17) is 21.1 Å². The lowest BCUT2D eigenvalue weighted by molar-refractivity contribution is 0.320. The first-order valence-corrected chi connectivity index (χ1v) is 4.79. The van der Waals surface area contributed by atoms with Gasteiger partial charge < -0.3 is 9.47 Å². The van der Waals surface area contributed by atoms with Crippen molar-refractivity contribution in [3.05, 3.63) is 36.4 Å². The van der Waals surface area contributed by atoms with Crippen molar-refractivity contribution in [1.82, 2.24) is 0 Å². The SMILES string of the molecule is C=C(CCl)COc1ccccc1OC. The number of hydrogen-bond donors (Lipinski definition) is 0.